The number of piperidine rings is 1. The van der Waals surface area contributed by atoms with Crippen LogP contribution in [0.4, 0.5) is 9.18 Å². The summed E-state index contributed by atoms with van der Waals surface area (Å²) in [5.74, 6) is -2.48. The number of carboxylic acids is 2. The first-order valence-electron chi connectivity index (χ1n) is 13.4. The van der Waals surface area contributed by atoms with Crippen LogP contribution in [0.5, 0.6) is 5.75 Å². The van der Waals surface area contributed by atoms with Crippen molar-refractivity contribution in [3.05, 3.63) is 65.5 Å². The molecule has 0 radical (unpaired) electrons. The zero-order valence-electron chi connectivity index (χ0n) is 23.6. The second kappa shape index (κ2) is 16.5. The molecule has 2 aromatic carbocycles. The van der Waals surface area contributed by atoms with Gasteiger partial charge in [0.15, 0.2) is 12.2 Å². The summed E-state index contributed by atoms with van der Waals surface area (Å²) >= 11 is 0. The SMILES string of the molecule is CC(C)COc1ccc(CN(C(=O)NCc2ccc(F)cc2)C2CCN(C)CC2)cc1.O=C(O)C(O)C(O)C(=O)O. The third kappa shape index (κ3) is 11.7. The van der Waals surface area contributed by atoms with Crippen molar-refractivity contribution < 1.29 is 43.9 Å². The molecule has 12 heteroatoms. The molecule has 0 aromatic heterocycles. The van der Waals surface area contributed by atoms with Crippen LogP contribution in [-0.2, 0) is 22.7 Å². The molecule has 0 bridgehead atoms. The molecule has 0 aliphatic carbocycles. The van der Waals surface area contributed by atoms with Crippen molar-refractivity contribution in [3.63, 3.8) is 0 Å². The molecule has 2 unspecified atom stereocenters. The van der Waals surface area contributed by atoms with Crippen molar-refractivity contribution in [1.82, 2.24) is 15.1 Å². The Morgan fingerprint density at radius 3 is 1.95 bits per heavy atom. The van der Waals surface area contributed by atoms with Crippen molar-refractivity contribution in [2.45, 2.75) is 58.0 Å². The van der Waals surface area contributed by atoms with Gasteiger partial charge in [-0.1, -0.05) is 38.1 Å². The summed E-state index contributed by atoms with van der Waals surface area (Å²) in [5.41, 5.74) is 1.96. The molecule has 2 aromatic rings. The number of likely N-dealkylation sites (tertiary alicyclic amines) is 1. The maximum atomic E-state index is 13.1. The largest absolute Gasteiger partial charge is 0.493 e. The minimum Gasteiger partial charge on any atom is -0.493 e. The smallest absolute Gasteiger partial charge is 0.335 e. The molecule has 41 heavy (non-hydrogen) atoms. The van der Waals surface area contributed by atoms with E-state index in [9.17, 15) is 18.8 Å². The van der Waals surface area contributed by atoms with Gasteiger partial charge >= 0.3 is 18.0 Å². The summed E-state index contributed by atoms with van der Waals surface area (Å²) in [6, 6.07) is 14.4. The number of hydrogen-bond acceptors (Lipinski definition) is 7. The minimum absolute atomic E-state index is 0.0842. The molecule has 1 aliphatic rings. The number of carbonyl (C=O) groups is 3. The molecule has 5 N–H and O–H groups in total. The first kappa shape index (κ1) is 33.5. The predicted octanol–water partition coefficient (Wildman–Crippen LogP) is 2.54. The van der Waals surface area contributed by atoms with E-state index in [-0.39, 0.29) is 17.9 Å². The van der Waals surface area contributed by atoms with Gasteiger partial charge in [0.1, 0.15) is 11.6 Å². The number of urea groups is 1. The topological polar surface area (TPSA) is 160 Å². The summed E-state index contributed by atoms with van der Waals surface area (Å²) in [6.07, 6.45) is -2.62. The fourth-order valence-electron chi connectivity index (χ4n) is 3.98. The van der Waals surface area contributed by atoms with Gasteiger partial charge in [-0.15, -0.1) is 0 Å². The monoisotopic (exact) mass is 577 g/mol. The Kier molecular flexibility index (Phi) is 13.5. The average molecular weight is 578 g/mol. The van der Waals surface area contributed by atoms with Crippen LogP contribution in [0.2, 0.25) is 0 Å². The lowest BCUT2D eigenvalue weighted by molar-refractivity contribution is -0.165. The number of nitrogens with zero attached hydrogens (tertiary/aromatic N) is 2. The standard InChI is InChI=1S/C25H34FN3O2.C4H6O6/c1-19(2)18-31-24-10-6-21(7-11-24)17-29(23-12-14-28(3)15-13-23)25(30)27-16-20-4-8-22(26)9-5-20;5-1(3(7)8)2(6)4(9)10/h4-11,19,23H,12-18H2,1-3H3,(H,27,30);1-2,5-6H,(H,7,8)(H,9,10). The first-order chi connectivity index (χ1) is 19.4. The van der Waals surface area contributed by atoms with Crippen molar-refractivity contribution in [2.24, 2.45) is 5.92 Å². The van der Waals surface area contributed by atoms with Crippen LogP contribution in [0, 0.1) is 11.7 Å². The van der Waals surface area contributed by atoms with Crippen LogP contribution in [0.15, 0.2) is 48.5 Å². The lowest BCUT2D eigenvalue weighted by Gasteiger charge is -2.37. The first-order valence-corrected chi connectivity index (χ1v) is 13.4. The third-order valence-corrected chi connectivity index (χ3v) is 6.41. The van der Waals surface area contributed by atoms with Crippen LogP contribution in [0.25, 0.3) is 0 Å². The maximum Gasteiger partial charge on any atom is 0.335 e. The fraction of sp³-hybridized carbons (Fsp3) is 0.483. The highest BCUT2D eigenvalue weighted by molar-refractivity contribution is 5.83. The van der Waals surface area contributed by atoms with Gasteiger partial charge in [0.2, 0.25) is 0 Å². The zero-order chi connectivity index (χ0) is 30.5. The van der Waals surface area contributed by atoms with Gasteiger partial charge in [-0.05, 0) is 74.3 Å². The van der Waals surface area contributed by atoms with Gasteiger partial charge < -0.3 is 40.3 Å². The van der Waals surface area contributed by atoms with E-state index in [4.69, 9.17) is 25.2 Å². The number of carboxylic acid groups (broad SMARTS) is 2. The van der Waals surface area contributed by atoms with E-state index in [1.807, 2.05) is 29.2 Å². The molecular formula is C29H40FN3O8. The number of ether oxygens (including phenoxy) is 1. The molecule has 1 heterocycles. The highest BCUT2D eigenvalue weighted by atomic mass is 19.1. The van der Waals surface area contributed by atoms with Crippen molar-refractivity contribution in [3.8, 4) is 5.75 Å². The average Bonchev–Trinajstić information content (AvgIpc) is 2.95. The number of aliphatic hydroxyl groups excluding tert-OH is 2. The van der Waals surface area contributed by atoms with E-state index < -0.39 is 24.1 Å². The molecule has 0 saturated carbocycles. The van der Waals surface area contributed by atoms with Crippen molar-refractivity contribution in [2.75, 3.05) is 26.7 Å². The highest BCUT2D eigenvalue weighted by Crippen LogP contribution is 2.21. The summed E-state index contributed by atoms with van der Waals surface area (Å²) in [5, 5.41) is 35.5. The van der Waals surface area contributed by atoms with Gasteiger partial charge in [0.05, 0.1) is 6.61 Å². The number of halogens is 1. The van der Waals surface area contributed by atoms with Gasteiger partial charge in [0.25, 0.3) is 0 Å². The normalized spacial score (nSPS) is 15.3. The summed E-state index contributed by atoms with van der Waals surface area (Å²) < 4.78 is 18.9. The molecule has 226 valence electrons. The number of rotatable bonds is 11. The quantitative estimate of drug-likeness (QED) is 0.270. The molecule has 3 rings (SSSR count). The second-order valence-electron chi connectivity index (χ2n) is 10.4. The number of benzene rings is 2. The fourth-order valence-corrected chi connectivity index (χ4v) is 3.98. The van der Waals surface area contributed by atoms with E-state index in [1.54, 1.807) is 12.1 Å². The molecular weight excluding hydrogens is 537 g/mol. The van der Waals surface area contributed by atoms with E-state index in [1.165, 1.54) is 12.1 Å². The van der Waals surface area contributed by atoms with Crippen molar-refractivity contribution >= 4 is 18.0 Å². The minimum atomic E-state index is -2.27. The van der Waals surface area contributed by atoms with E-state index in [0.29, 0.717) is 25.6 Å². The number of carbonyl (C=O) groups excluding carboxylic acids is 1. The van der Waals surface area contributed by atoms with Crippen LogP contribution in [0.3, 0.4) is 0 Å². The number of nitrogens with one attached hydrogen (secondary N) is 1. The number of aliphatic hydroxyl groups is 2. The molecule has 2 amide bonds. The lowest BCUT2D eigenvalue weighted by Crippen LogP contribution is -2.49. The molecule has 2 atom stereocenters. The van der Waals surface area contributed by atoms with Gasteiger partial charge in [0, 0.05) is 19.1 Å². The molecule has 1 aliphatic heterocycles. The summed E-state index contributed by atoms with van der Waals surface area (Å²) in [7, 11) is 2.12. The van der Waals surface area contributed by atoms with Crippen LogP contribution < -0.4 is 10.1 Å². The van der Waals surface area contributed by atoms with Crippen LogP contribution in [0.1, 0.15) is 37.8 Å². The zero-order valence-corrected chi connectivity index (χ0v) is 23.6. The van der Waals surface area contributed by atoms with Gasteiger partial charge in [-0.3, -0.25) is 0 Å². The van der Waals surface area contributed by atoms with Crippen LogP contribution in [-0.4, -0.2) is 93.2 Å². The third-order valence-electron chi connectivity index (χ3n) is 6.41. The Labute approximate surface area is 239 Å². The molecule has 1 saturated heterocycles. The molecule has 1 fully saturated rings. The van der Waals surface area contributed by atoms with Gasteiger partial charge in [-0.25, -0.2) is 18.8 Å². The van der Waals surface area contributed by atoms with Crippen molar-refractivity contribution in [1.29, 1.82) is 0 Å². The maximum absolute atomic E-state index is 13.1. The Hall–Kier alpha value is -3.74. The Bertz CT molecular complexity index is 1090. The van der Waals surface area contributed by atoms with Gasteiger partial charge in [-0.2, -0.15) is 0 Å². The summed E-state index contributed by atoms with van der Waals surface area (Å²) in [4.78, 5) is 36.9. The predicted molar refractivity (Wildman–Crippen MR) is 149 cm³/mol. The number of aliphatic carboxylic acids is 2. The van der Waals surface area contributed by atoms with Crippen LogP contribution >= 0.6 is 0 Å². The van der Waals surface area contributed by atoms with E-state index in [2.05, 4.69) is 31.1 Å². The summed E-state index contributed by atoms with van der Waals surface area (Å²) in [6.45, 7) is 7.82. The number of amides is 2. The highest BCUT2D eigenvalue weighted by Gasteiger charge is 2.29. The van der Waals surface area contributed by atoms with E-state index >= 15 is 0 Å². The Balaban J connectivity index is 0.000000503. The Morgan fingerprint density at radius 1 is 0.951 bits per heavy atom. The second-order valence-corrected chi connectivity index (χ2v) is 10.4. The van der Waals surface area contributed by atoms with E-state index in [0.717, 1.165) is 42.8 Å². The number of hydrogen-bond donors (Lipinski definition) is 5. The Morgan fingerprint density at radius 2 is 1.46 bits per heavy atom. The molecule has 11 nitrogen and oxygen atoms in total. The lowest BCUT2D eigenvalue weighted by atomic mass is 10.0. The molecule has 0 spiro atoms.